The molecule has 0 saturated heterocycles. The summed E-state index contributed by atoms with van der Waals surface area (Å²) in [6, 6.07) is 113. The maximum absolute atomic E-state index is 2.39. The van der Waals surface area contributed by atoms with Crippen molar-refractivity contribution in [2.45, 2.75) is 0 Å². The van der Waals surface area contributed by atoms with Crippen molar-refractivity contribution >= 4 is 88.0 Å². The number of fused-ring (bicyclic) bond motifs is 5. The van der Waals surface area contributed by atoms with Gasteiger partial charge in [0.05, 0.1) is 11.4 Å². The fourth-order valence-electron chi connectivity index (χ4n) is 11.3. The molecule has 358 valence electrons. The van der Waals surface area contributed by atoms with Crippen LogP contribution in [0.1, 0.15) is 0 Å². The minimum Gasteiger partial charge on any atom is -0.309 e. The van der Waals surface area contributed by atoms with E-state index in [0.29, 0.717) is 0 Å². The first-order chi connectivity index (χ1) is 37.8. The average molecular weight is 969 g/mol. The molecule has 0 atom stereocenters. The second-order valence-corrected chi connectivity index (χ2v) is 19.1. The van der Waals surface area contributed by atoms with Crippen molar-refractivity contribution in [2.75, 3.05) is 9.80 Å². The Labute approximate surface area is 444 Å². The fraction of sp³-hybridized carbons (Fsp3) is 0. The molecule has 2 nitrogen and oxygen atoms in total. The SMILES string of the molecule is c1ccc(-c2ccc(-c3c4ccccc4c(-c4cccc5ccccc45)c4ccccc34)cc2)cc1.c1ccc(N(c2ccccc2)c2c3ccccc3c(N(c3ccccc3)c3ccccc3)c3ccccc23)cc1. The summed E-state index contributed by atoms with van der Waals surface area (Å²) in [4.78, 5) is 4.79. The van der Waals surface area contributed by atoms with E-state index < -0.39 is 0 Å². The van der Waals surface area contributed by atoms with E-state index in [2.05, 4.69) is 325 Å². The topological polar surface area (TPSA) is 6.48 Å². The Morgan fingerprint density at radius 1 is 0.171 bits per heavy atom. The lowest BCUT2D eigenvalue weighted by Crippen LogP contribution is -2.14. The highest BCUT2D eigenvalue weighted by Gasteiger charge is 2.25. The maximum atomic E-state index is 2.39. The second-order valence-electron chi connectivity index (χ2n) is 19.1. The quantitative estimate of drug-likeness (QED) is 0.105. The lowest BCUT2D eigenvalue weighted by atomic mass is 9.84. The Morgan fingerprint density at radius 2 is 0.447 bits per heavy atom. The average Bonchev–Trinajstić information content (AvgIpc) is 3.57. The normalized spacial score (nSPS) is 11.2. The van der Waals surface area contributed by atoms with Gasteiger partial charge in [-0.15, -0.1) is 0 Å². The van der Waals surface area contributed by atoms with Crippen LogP contribution in [0.5, 0.6) is 0 Å². The Bertz CT molecular complexity index is 3970. The summed E-state index contributed by atoms with van der Waals surface area (Å²) in [5.74, 6) is 0. The summed E-state index contributed by atoms with van der Waals surface area (Å²) >= 11 is 0. The molecule has 0 amide bonds. The van der Waals surface area contributed by atoms with E-state index in [4.69, 9.17) is 0 Å². The Kier molecular flexibility index (Phi) is 12.3. The van der Waals surface area contributed by atoms with Crippen molar-refractivity contribution in [2.24, 2.45) is 0 Å². The van der Waals surface area contributed by atoms with Gasteiger partial charge in [-0.05, 0) is 114 Å². The van der Waals surface area contributed by atoms with Gasteiger partial charge in [0.1, 0.15) is 0 Å². The molecule has 0 spiro atoms. The molecule has 14 aromatic rings. The van der Waals surface area contributed by atoms with Gasteiger partial charge in [-0.2, -0.15) is 0 Å². The standard InChI is InChI=1S/C38H28N2.C36H24/c1-5-17-29(18-6-1)39(30-19-7-2-8-20-30)37-33-25-13-15-27-35(33)38(36-28-16-14-26-34(36)37)40(31-21-9-3-10-22-31)32-23-11-4-12-24-32;1-2-11-25(12-3-1)26-21-23-28(24-22-26)35-31-16-6-8-18-33(31)36(34-19-9-7-17-32(34)35)30-20-10-14-27-13-4-5-15-29(27)30/h1-28H;1-24H. The van der Waals surface area contributed by atoms with Crippen LogP contribution in [-0.4, -0.2) is 0 Å². The second kappa shape index (κ2) is 20.5. The number of anilines is 6. The van der Waals surface area contributed by atoms with Gasteiger partial charge in [0.2, 0.25) is 0 Å². The van der Waals surface area contributed by atoms with E-state index in [1.807, 2.05) is 0 Å². The minimum atomic E-state index is 1.12. The third kappa shape index (κ3) is 8.48. The molecule has 0 saturated carbocycles. The van der Waals surface area contributed by atoms with Crippen molar-refractivity contribution in [3.63, 3.8) is 0 Å². The number of nitrogens with zero attached hydrogens (tertiary/aromatic N) is 2. The van der Waals surface area contributed by atoms with Gasteiger partial charge >= 0.3 is 0 Å². The van der Waals surface area contributed by atoms with Gasteiger partial charge in [-0.1, -0.05) is 267 Å². The third-order valence-electron chi connectivity index (χ3n) is 14.7. The highest BCUT2D eigenvalue weighted by atomic mass is 15.2. The van der Waals surface area contributed by atoms with Crippen LogP contribution >= 0.6 is 0 Å². The van der Waals surface area contributed by atoms with E-state index in [0.717, 1.165) is 22.7 Å². The monoisotopic (exact) mass is 968 g/mol. The zero-order chi connectivity index (χ0) is 50.6. The van der Waals surface area contributed by atoms with Gasteiger partial charge in [0, 0.05) is 44.3 Å². The zero-order valence-electron chi connectivity index (χ0n) is 41.9. The molecule has 0 unspecified atom stereocenters. The van der Waals surface area contributed by atoms with Crippen LogP contribution in [0.2, 0.25) is 0 Å². The summed E-state index contributed by atoms with van der Waals surface area (Å²) in [7, 11) is 0. The number of hydrogen-bond donors (Lipinski definition) is 0. The van der Waals surface area contributed by atoms with Gasteiger partial charge in [-0.3, -0.25) is 0 Å². The smallest absolute Gasteiger partial charge is 0.0619 e. The highest BCUT2D eigenvalue weighted by molar-refractivity contribution is 6.25. The fourth-order valence-corrected chi connectivity index (χ4v) is 11.3. The van der Waals surface area contributed by atoms with E-state index in [9.17, 15) is 0 Å². The van der Waals surface area contributed by atoms with Gasteiger partial charge in [-0.25, -0.2) is 0 Å². The minimum absolute atomic E-state index is 1.12. The predicted octanol–water partition coefficient (Wildman–Crippen LogP) is 21.1. The summed E-state index contributed by atoms with van der Waals surface area (Å²) < 4.78 is 0. The van der Waals surface area contributed by atoms with Crippen LogP contribution < -0.4 is 9.80 Å². The van der Waals surface area contributed by atoms with E-state index >= 15 is 0 Å². The van der Waals surface area contributed by atoms with Crippen molar-refractivity contribution in [1.29, 1.82) is 0 Å². The Morgan fingerprint density at radius 3 is 0.842 bits per heavy atom. The van der Waals surface area contributed by atoms with Crippen molar-refractivity contribution in [1.82, 2.24) is 0 Å². The number of rotatable bonds is 9. The molecular formula is C74H52N2. The van der Waals surface area contributed by atoms with Crippen LogP contribution in [0.3, 0.4) is 0 Å². The number of para-hydroxylation sites is 4. The third-order valence-corrected chi connectivity index (χ3v) is 14.7. The molecule has 0 N–H and O–H groups in total. The molecular weight excluding hydrogens is 917 g/mol. The molecule has 0 radical (unpaired) electrons. The van der Waals surface area contributed by atoms with Gasteiger partial charge < -0.3 is 9.80 Å². The van der Waals surface area contributed by atoms with E-state index in [1.165, 1.54) is 98.6 Å². The molecule has 0 fully saturated rings. The zero-order valence-corrected chi connectivity index (χ0v) is 41.9. The highest BCUT2D eigenvalue weighted by Crippen LogP contribution is 2.51. The predicted molar refractivity (Wildman–Crippen MR) is 326 cm³/mol. The molecule has 14 rings (SSSR count). The number of hydrogen-bond acceptors (Lipinski definition) is 2. The first kappa shape index (κ1) is 45.8. The lowest BCUT2D eigenvalue weighted by Gasteiger charge is -2.32. The molecule has 0 aliphatic heterocycles. The molecule has 2 heteroatoms. The molecule has 0 aliphatic carbocycles. The van der Waals surface area contributed by atoms with Gasteiger partial charge in [0.15, 0.2) is 0 Å². The molecule has 76 heavy (non-hydrogen) atoms. The Balaban J connectivity index is 0.000000146. The van der Waals surface area contributed by atoms with Crippen LogP contribution in [0.25, 0.3) is 87.2 Å². The van der Waals surface area contributed by atoms with Crippen LogP contribution in [0.15, 0.2) is 315 Å². The molecule has 14 aromatic carbocycles. The first-order valence-corrected chi connectivity index (χ1v) is 26.1. The first-order valence-electron chi connectivity index (χ1n) is 26.1. The largest absolute Gasteiger partial charge is 0.309 e. The van der Waals surface area contributed by atoms with Crippen LogP contribution in [-0.2, 0) is 0 Å². The number of benzene rings is 14. The van der Waals surface area contributed by atoms with Crippen LogP contribution in [0, 0.1) is 0 Å². The van der Waals surface area contributed by atoms with E-state index in [1.54, 1.807) is 0 Å². The molecule has 0 aliphatic rings. The van der Waals surface area contributed by atoms with E-state index in [-0.39, 0.29) is 0 Å². The maximum Gasteiger partial charge on any atom is 0.0619 e. The molecule has 0 bridgehead atoms. The summed E-state index contributed by atoms with van der Waals surface area (Å²) in [6.07, 6.45) is 0. The van der Waals surface area contributed by atoms with Crippen molar-refractivity contribution < 1.29 is 0 Å². The van der Waals surface area contributed by atoms with Crippen molar-refractivity contribution in [3.8, 4) is 33.4 Å². The Hall–Kier alpha value is -10.0. The van der Waals surface area contributed by atoms with Crippen molar-refractivity contribution in [3.05, 3.63) is 315 Å². The summed E-state index contributed by atoms with van der Waals surface area (Å²) in [5.41, 5.74) is 14.5. The summed E-state index contributed by atoms with van der Waals surface area (Å²) in [6.45, 7) is 0. The lowest BCUT2D eigenvalue weighted by molar-refractivity contribution is 1.29. The summed E-state index contributed by atoms with van der Waals surface area (Å²) in [5, 5.41) is 12.5. The van der Waals surface area contributed by atoms with Crippen LogP contribution in [0.4, 0.5) is 34.1 Å². The van der Waals surface area contributed by atoms with Gasteiger partial charge in [0.25, 0.3) is 0 Å². The molecule has 0 heterocycles. The molecule has 0 aromatic heterocycles.